The Balaban J connectivity index is 1.60. The lowest BCUT2D eigenvalue weighted by molar-refractivity contribution is -0.145. The number of aromatic nitrogens is 4. The minimum absolute atomic E-state index is 0.000958. The maximum absolute atomic E-state index is 12.4. The smallest absolute Gasteiger partial charge is 0.308 e. The van der Waals surface area contributed by atoms with Gasteiger partial charge in [-0.3, -0.25) is 9.59 Å². The van der Waals surface area contributed by atoms with E-state index in [2.05, 4.69) is 20.7 Å². The molecule has 1 aliphatic rings. The zero-order valence-electron chi connectivity index (χ0n) is 15.1. The largest absolute Gasteiger partial charge is 0.481 e. The second-order valence-electron chi connectivity index (χ2n) is 6.62. The molecule has 2 aromatic rings. The summed E-state index contributed by atoms with van der Waals surface area (Å²) in [5, 5.41) is 24.4. The summed E-state index contributed by atoms with van der Waals surface area (Å²) in [6.45, 7) is 2.84. The number of carbonyl (C=O) groups is 2. The molecule has 1 amide bonds. The van der Waals surface area contributed by atoms with Crippen LogP contribution >= 0.6 is 0 Å². The fraction of sp³-hybridized carbons (Fsp3) is 0.500. The number of amides is 1. The van der Waals surface area contributed by atoms with Gasteiger partial charge < -0.3 is 15.2 Å². The minimum atomic E-state index is -0.903. The Morgan fingerprint density at radius 3 is 2.67 bits per heavy atom. The quantitative estimate of drug-likeness (QED) is 0.747. The average molecular weight is 373 g/mol. The monoisotopic (exact) mass is 373 g/mol. The molecule has 144 valence electrons. The number of hydrogen-bond donors (Lipinski definition) is 2. The van der Waals surface area contributed by atoms with Crippen molar-refractivity contribution in [2.75, 3.05) is 19.8 Å². The number of tetrazole rings is 1. The van der Waals surface area contributed by atoms with Crippen molar-refractivity contribution in [2.24, 2.45) is 11.8 Å². The summed E-state index contributed by atoms with van der Waals surface area (Å²) in [6, 6.07) is 8.65. The molecule has 1 saturated heterocycles. The van der Waals surface area contributed by atoms with Crippen molar-refractivity contribution in [3.05, 3.63) is 30.3 Å². The van der Waals surface area contributed by atoms with Crippen LogP contribution in [-0.2, 0) is 14.3 Å². The predicted octanol–water partition coefficient (Wildman–Crippen LogP) is 1.14. The topological polar surface area (TPSA) is 119 Å². The Hall–Kier alpha value is -2.81. The number of carboxylic acids is 1. The highest BCUT2D eigenvalue weighted by Gasteiger charge is 2.30. The van der Waals surface area contributed by atoms with Crippen LogP contribution in [0.5, 0.6) is 0 Å². The molecule has 2 N–H and O–H groups in total. The zero-order valence-corrected chi connectivity index (χ0v) is 15.1. The number of hydrogen-bond acceptors (Lipinski definition) is 6. The fourth-order valence-electron chi connectivity index (χ4n) is 3.13. The van der Waals surface area contributed by atoms with Crippen LogP contribution in [0.1, 0.15) is 25.8 Å². The molecule has 1 aromatic carbocycles. The zero-order chi connectivity index (χ0) is 19.2. The Morgan fingerprint density at radius 1 is 1.30 bits per heavy atom. The van der Waals surface area contributed by atoms with Crippen molar-refractivity contribution in [2.45, 2.75) is 25.8 Å². The average Bonchev–Trinajstić information content (AvgIpc) is 3.19. The summed E-state index contributed by atoms with van der Waals surface area (Å²) < 4.78 is 5.28. The minimum Gasteiger partial charge on any atom is -0.481 e. The molecule has 1 fully saturated rings. The first-order valence-electron chi connectivity index (χ1n) is 8.99. The molecule has 2 unspecified atom stereocenters. The van der Waals surface area contributed by atoms with Gasteiger partial charge in [-0.05, 0) is 30.9 Å². The number of carboxylic acid groups (broad SMARTS) is 1. The second kappa shape index (κ2) is 8.72. The number of ether oxygens (including phenoxy) is 1. The van der Waals surface area contributed by atoms with Crippen molar-refractivity contribution in [1.82, 2.24) is 25.5 Å². The van der Waals surface area contributed by atoms with Crippen molar-refractivity contribution in [3.63, 3.8) is 0 Å². The summed E-state index contributed by atoms with van der Waals surface area (Å²) in [4.78, 5) is 25.3. The number of aliphatic carboxylic acids is 1. The molecule has 0 saturated carbocycles. The lowest BCUT2D eigenvalue weighted by Crippen LogP contribution is -2.41. The lowest BCUT2D eigenvalue weighted by atomic mass is 9.86. The van der Waals surface area contributed by atoms with Gasteiger partial charge in [-0.2, -0.15) is 4.80 Å². The van der Waals surface area contributed by atoms with Crippen LogP contribution in [0.4, 0.5) is 0 Å². The molecule has 2 atom stereocenters. The van der Waals surface area contributed by atoms with Crippen molar-refractivity contribution < 1.29 is 19.4 Å². The fourth-order valence-corrected chi connectivity index (χ4v) is 3.13. The van der Waals surface area contributed by atoms with E-state index in [1.807, 2.05) is 30.3 Å². The normalized spacial score (nSPS) is 17.2. The number of nitrogens with one attached hydrogen (secondary N) is 1. The van der Waals surface area contributed by atoms with E-state index in [0.717, 1.165) is 5.56 Å². The maximum atomic E-state index is 12.4. The van der Waals surface area contributed by atoms with Gasteiger partial charge in [0.1, 0.15) is 6.04 Å². The van der Waals surface area contributed by atoms with Gasteiger partial charge in [-0.25, -0.2) is 0 Å². The Kier molecular flexibility index (Phi) is 6.12. The van der Waals surface area contributed by atoms with Crippen LogP contribution in [0.15, 0.2) is 30.3 Å². The molecule has 0 radical (unpaired) electrons. The van der Waals surface area contributed by atoms with Gasteiger partial charge in [0.2, 0.25) is 11.7 Å². The SMILES string of the molecule is CC(C(=O)NCC(C(=O)O)C1CCOCC1)n1nnc(-c2ccccc2)n1. The Labute approximate surface area is 156 Å². The van der Waals surface area contributed by atoms with E-state index < -0.39 is 17.9 Å². The summed E-state index contributed by atoms with van der Waals surface area (Å²) >= 11 is 0. The van der Waals surface area contributed by atoms with E-state index in [1.165, 1.54) is 4.80 Å². The highest BCUT2D eigenvalue weighted by molar-refractivity contribution is 5.80. The summed E-state index contributed by atoms with van der Waals surface area (Å²) in [6.07, 6.45) is 1.38. The first-order valence-corrected chi connectivity index (χ1v) is 8.99. The van der Waals surface area contributed by atoms with E-state index in [1.54, 1.807) is 6.92 Å². The third kappa shape index (κ3) is 4.68. The van der Waals surface area contributed by atoms with E-state index in [-0.39, 0.29) is 18.4 Å². The van der Waals surface area contributed by atoms with Gasteiger partial charge in [-0.15, -0.1) is 10.2 Å². The molecule has 1 aromatic heterocycles. The molecule has 9 nitrogen and oxygen atoms in total. The number of carbonyl (C=O) groups excluding carboxylic acids is 1. The van der Waals surface area contributed by atoms with Crippen molar-refractivity contribution in [3.8, 4) is 11.4 Å². The van der Waals surface area contributed by atoms with E-state index in [4.69, 9.17) is 4.74 Å². The highest BCUT2D eigenvalue weighted by Crippen LogP contribution is 2.24. The third-order valence-electron chi connectivity index (χ3n) is 4.83. The molecule has 2 heterocycles. The summed E-state index contributed by atoms with van der Waals surface area (Å²) in [5.74, 6) is -1.44. The Morgan fingerprint density at radius 2 is 2.00 bits per heavy atom. The van der Waals surface area contributed by atoms with Crippen molar-refractivity contribution in [1.29, 1.82) is 0 Å². The molecule has 9 heteroatoms. The van der Waals surface area contributed by atoms with Crippen LogP contribution in [0, 0.1) is 11.8 Å². The standard InChI is InChI=1S/C18H23N5O4/c1-12(23-21-16(20-22-23)14-5-3-2-4-6-14)17(24)19-11-15(18(25)26)13-7-9-27-10-8-13/h2-6,12-13,15H,7-11H2,1H3,(H,19,24)(H,25,26). The van der Waals surface area contributed by atoms with Crippen LogP contribution in [0.3, 0.4) is 0 Å². The van der Waals surface area contributed by atoms with Gasteiger partial charge in [0.25, 0.3) is 0 Å². The molecule has 0 spiro atoms. The van der Waals surface area contributed by atoms with Crippen LogP contribution < -0.4 is 5.32 Å². The Bertz CT molecular complexity index is 773. The number of nitrogens with zero attached hydrogens (tertiary/aromatic N) is 4. The molecule has 3 rings (SSSR count). The second-order valence-corrected chi connectivity index (χ2v) is 6.62. The van der Waals surface area contributed by atoms with Gasteiger partial charge in [0.15, 0.2) is 0 Å². The van der Waals surface area contributed by atoms with Crippen LogP contribution in [0.2, 0.25) is 0 Å². The molecule has 0 bridgehead atoms. The summed E-state index contributed by atoms with van der Waals surface area (Å²) in [7, 11) is 0. The molecule has 1 aliphatic heterocycles. The van der Waals surface area contributed by atoms with Crippen molar-refractivity contribution >= 4 is 11.9 Å². The first kappa shape index (κ1) is 19.0. The van der Waals surface area contributed by atoms with E-state index >= 15 is 0 Å². The first-order chi connectivity index (χ1) is 13.1. The third-order valence-corrected chi connectivity index (χ3v) is 4.83. The summed E-state index contributed by atoms with van der Waals surface area (Å²) in [5.41, 5.74) is 0.807. The van der Waals surface area contributed by atoms with Gasteiger partial charge in [-0.1, -0.05) is 30.3 Å². The van der Waals surface area contributed by atoms with Crippen LogP contribution in [0.25, 0.3) is 11.4 Å². The van der Waals surface area contributed by atoms with Gasteiger partial charge in [0.05, 0.1) is 5.92 Å². The highest BCUT2D eigenvalue weighted by atomic mass is 16.5. The van der Waals surface area contributed by atoms with Gasteiger partial charge >= 0.3 is 5.97 Å². The predicted molar refractivity (Wildman–Crippen MR) is 95.6 cm³/mol. The molecule has 0 aliphatic carbocycles. The lowest BCUT2D eigenvalue weighted by Gasteiger charge is -2.27. The van der Waals surface area contributed by atoms with E-state index in [9.17, 15) is 14.7 Å². The maximum Gasteiger partial charge on any atom is 0.308 e. The van der Waals surface area contributed by atoms with Crippen LogP contribution in [-0.4, -0.2) is 56.9 Å². The number of benzene rings is 1. The number of rotatable bonds is 7. The molecular formula is C18H23N5O4. The molecular weight excluding hydrogens is 350 g/mol. The van der Waals surface area contributed by atoms with E-state index in [0.29, 0.717) is 31.9 Å². The molecule has 27 heavy (non-hydrogen) atoms. The van der Waals surface area contributed by atoms with Gasteiger partial charge in [0, 0.05) is 25.3 Å².